The monoisotopic (exact) mass is 244 g/mol. The summed E-state index contributed by atoms with van der Waals surface area (Å²) in [5, 5.41) is 3.10. The van der Waals surface area contributed by atoms with Crippen LogP contribution in [-0.4, -0.2) is 5.91 Å². The minimum atomic E-state index is -0.00405. The van der Waals surface area contributed by atoms with Crippen LogP contribution in [-0.2, 0) is 4.79 Å². The van der Waals surface area contributed by atoms with E-state index in [0.29, 0.717) is 0 Å². The first kappa shape index (κ1) is 11.6. The van der Waals surface area contributed by atoms with Crippen molar-refractivity contribution in [2.45, 2.75) is 32.2 Å². The number of nitrogens with two attached hydrogens (primary N) is 1. The van der Waals surface area contributed by atoms with Gasteiger partial charge in [-0.05, 0) is 49.7 Å². The molecule has 3 unspecified atom stereocenters. The highest BCUT2D eigenvalue weighted by Crippen LogP contribution is 2.54. The van der Waals surface area contributed by atoms with E-state index in [1.165, 1.54) is 6.42 Å². The lowest BCUT2D eigenvalue weighted by atomic mass is 10.0. The van der Waals surface area contributed by atoms with Crippen molar-refractivity contribution < 1.29 is 4.79 Å². The van der Waals surface area contributed by atoms with Crippen molar-refractivity contribution >= 4 is 11.6 Å². The van der Waals surface area contributed by atoms with Gasteiger partial charge in [-0.2, -0.15) is 0 Å². The Labute approximate surface area is 108 Å². The smallest absolute Gasteiger partial charge is 0.223 e. The Hall–Kier alpha value is -1.51. The van der Waals surface area contributed by atoms with E-state index in [-0.39, 0.29) is 17.9 Å². The third-order valence-electron chi connectivity index (χ3n) is 4.44. The molecule has 2 aliphatic carbocycles. The van der Waals surface area contributed by atoms with E-state index in [4.69, 9.17) is 5.73 Å². The van der Waals surface area contributed by atoms with Crippen LogP contribution < -0.4 is 11.1 Å². The second-order valence-electron chi connectivity index (χ2n) is 5.78. The maximum absolute atomic E-state index is 12.2. The number of nitrogens with one attached hydrogen (secondary N) is 1. The van der Waals surface area contributed by atoms with Crippen molar-refractivity contribution in [1.82, 2.24) is 5.32 Å². The third kappa shape index (κ3) is 2.09. The standard InChI is InChI=1S/C15H20N2O/c1-9(13-4-2-3-5-14(13)16)17-15(18)12-7-10-6-11(10)8-12/h2-5,9-12H,6-8,16H2,1H3,(H,17,18). The minimum Gasteiger partial charge on any atom is -0.398 e. The second kappa shape index (κ2) is 4.30. The number of carbonyl (C=O) groups excluding carboxylic acids is 1. The van der Waals surface area contributed by atoms with Crippen LogP contribution >= 0.6 is 0 Å². The Morgan fingerprint density at radius 2 is 1.94 bits per heavy atom. The summed E-state index contributed by atoms with van der Waals surface area (Å²) in [5.41, 5.74) is 7.69. The van der Waals surface area contributed by atoms with Crippen molar-refractivity contribution in [3.63, 3.8) is 0 Å². The molecule has 0 saturated heterocycles. The molecule has 1 aromatic carbocycles. The van der Waals surface area contributed by atoms with Gasteiger partial charge < -0.3 is 11.1 Å². The second-order valence-corrected chi connectivity index (χ2v) is 5.78. The molecule has 1 aromatic rings. The summed E-state index contributed by atoms with van der Waals surface area (Å²) in [5.74, 6) is 2.13. The summed E-state index contributed by atoms with van der Waals surface area (Å²) < 4.78 is 0. The molecule has 0 spiro atoms. The third-order valence-corrected chi connectivity index (χ3v) is 4.44. The summed E-state index contributed by atoms with van der Waals surface area (Å²) >= 11 is 0. The molecular weight excluding hydrogens is 224 g/mol. The number of carbonyl (C=O) groups is 1. The number of rotatable bonds is 3. The van der Waals surface area contributed by atoms with Gasteiger partial charge in [-0.25, -0.2) is 0 Å². The number of amides is 1. The fraction of sp³-hybridized carbons (Fsp3) is 0.533. The fourth-order valence-electron chi connectivity index (χ4n) is 3.24. The molecule has 3 nitrogen and oxygen atoms in total. The van der Waals surface area contributed by atoms with Crippen LogP contribution in [0.4, 0.5) is 5.69 Å². The van der Waals surface area contributed by atoms with E-state index < -0.39 is 0 Å². The Bertz CT molecular complexity index is 461. The molecule has 2 aliphatic rings. The van der Waals surface area contributed by atoms with E-state index in [9.17, 15) is 4.79 Å². The van der Waals surface area contributed by atoms with E-state index in [1.807, 2.05) is 31.2 Å². The normalized spacial score (nSPS) is 30.6. The van der Waals surface area contributed by atoms with Crippen molar-refractivity contribution in [2.75, 3.05) is 5.73 Å². The Morgan fingerprint density at radius 1 is 1.28 bits per heavy atom. The van der Waals surface area contributed by atoms with Gasteiger partial charge in [0.2, 0.25) is 5.91 Å². The summed E-state index contributed by atoms with van der Waals surface area (Å²) in [7, 11) is 0. The summed E-state index contributed by atoms with van der Waals surface area (Å²) in [6, 6.07) is 7.72. The Kier molecular flexibility index (Phi) is 2.77. The van der Waals surface area contributed by atoms with Crippen molar-refractivity contribution in [2.24, 2.45) is 17.8 Å². The lowest BCUT2D eigenvalue weighted by Gasteiger charge is -2.19. The zero-order valence-corrected chi connectivity index (χ0v) is 10.7. The Morgan fingerprint density at radius 3 is 2.61 bits per heavy atom. The molecule has 1 amide bonds. The largest absolute Gasteiger partial charge is 0.398 e. The highest BCUT2D eigenvalue weighted by Gasteiger charge is 2.48. The van der Waals surface area contributed by atoms with Crippen LogP contribution in [0.15, 0.2) is 24.3 Å². The Balaban J connectivity index is 1.62. The van der Waals surface area contributed by atoms with Gasteiger partial charge in [0.25, 0.3) is 0 Å². The molecule has 0 heterocycles. The number of benzene rings is 1. The summed E-state index contributed by atoms with van der Waals surface area (Å²) in [6.07, 6.45) is 3.53. The number of hydrogen-bond acceptors (Lipinski definition) is 2. The first-order valence-corrected chi connectivity index (χ1v) is 6.80. The van der Waals surface area contributed by atoms with Gasteiger partial charge in [0.15, 0.2) is 0 Å². The lowest BCUT2D eigenvalue weighted by Crippen LogP contribution is -2.32. The molecule has 18 heavy (non-hydrogen) atoms. The van der Waals surface area contributed by atoms with E-state index in [2.05, 4.69) is 5.32 Å². The predicted molar refractivity (Wildman–Crippen MR) is 71.7 cm³/mol. The van der Waals surface area contributed by atoms with Crippen molar-refractivity contribution in [3.8, 4) is 0 Å². The molecular formula is C15H20N2O. The molecule has 2 fully saturated rings. The first-order valence-electron chi connectivity index (χ1n) is 6.80. The van der Waals surface area contributed by atoms with Crippen LogP contribution in [0.25, 0.3) is 0 Å². The topological polar surface area (TPSA) is 55.1 Å². The molecule has 3 atom stereocenters. The van der Waals surface area contributed by atoms with Crippen LogP contribution in [0, 0.1) is 17.8 Å². The van der Waals surface area contributed by atoms with E-state index in [1.54, 1.807) is 0 Å². The quantitative estimate of drug-likeness (QED) is 0.803. The van der Waals surface area contributed by atoms with Gasteiger partial charge in [0.05, 0.1) is 6.04 Å². The molecule has 3 rings (SSSR count). The van der Waals surface area contributed by atoms with Gasteiger partial charge >= 0.3 is 0 Å². The molecule has 0 aromatic heterocycles. The van der Waals surface area contributed by atoms with Crippen molar-refractivity contribution in [1.29, 1.82) is 0 Å². The fourth-order valence-corrected chi connectivity index (χ4v) is 3.24. The SMILES string of the molecule is CC(NC(=O)C1CC2CC2C1)c1ccccc1N. The average molecular weight is 244 g/mol. The number of anilines is 1. The van der Waals surface area contributed by atoms with Gasteiger partial charge in [-0.3, -0.25) is 4.79 Å². The molecule has 0 aliphatic heterocycles. The van der Waals surface area contributed by atoms with E-state index >= 15 is 0 Å². The van der Waals surface area contributed by atoms with Gasteiger partial charge in [-0.1, -0.05) is 18.2 Å². The number of nitrogen functional groups attached to an aromatic ring is 1. The van der Waals surface area contributed by atoms with Gasteiger partial charge in [0.1, 0.15) is 0 Å². The average Bonchev–Trinajstić information content (AvgIpc) is 2.96. The minimum absolute atomic E-state index is 0.00405. The van der Waals surface area contributed by atoms with Crippen LogP contribution in [0.2, 0.25) is 0 Å². The molecule has 2 saturated carbocycles. The number of para-hydroxylation sites is 1. The molecule has 3 heteroatoms. The maximum Gasteiger partial charge on any atom is 0.223 e. The summed E-state index contributed by atoms with van der Waals surface area (Å²) in [4.78, 5) is 12.2. The first-order chi connectivity index (χ1) is 8.65. The number of fused-ring (bicyclic) bond motifs is 1. The van der Waals surface area contributed by atoms with Gasteiger partial charge in [-0.15, -0.1) is 0 Å². The maximum atomic E-state index is 12.2. The molecule has 96 valence electrons. The van der Waals surface area contributed by atoms with E-state index in [0.717, 1.165) is 35.9 Å². The molecule has 3 N–H and O–H groups in total. The molecule has 0 bridgehead atoms. The highest BCUT2D eigenvalue weighted by molar-refractivity contribution is 5.80. The molecule has 0 radical (unpaired) electrons. The van der Waals surface area contributed by atoms with Crippen LogP contribution in [0.5, 0.6) is 0 Å². The van der Waals surface area contributed by atoms with Crippen molar-refractivity contribution in [3.05, 3.63) is 29.8 Å². The summed E-state index contributed by atoms with van der Waals surface area (Å²) in [6.45, 7) is 2.00. The predicted octanol–water partition coefficient (Wildman–Crippen LogP) is 2.49. The number of hydrogen-bond donors (Lipinski definition) is 2. The van der Waals surface area contributed by atoms with Gasteiger partial charge in [0, 0.05) is 11.6 Å². The zero-order chi connectivity index (χ0) is 12.7. The lowest BCUT2D eigenvalue weighted by molar-refractivity contribution is -0.125. The van der Waals surface area contributed by atoms with Crippen LogP contribution in [0.3, 0.4) is 0 Å². The zero-order valence-electron chi connectivity index (χ0n) is 10.7. The highest BCUT2D eigenvalue weighted by atomic mass is 16.1. The van der Waals surface area contributed by atoms with Crippen LogP contribution in [0.1, 0.15) is 37.8 Å².